The second-order valence-electron chi connectivity index (χ2n) is 5.71. The average Bonchev–Trinajstić information content (AvgIpc) is 2.46. The number of nitrogens with one attached hydrogen (secondary N) is 1. The van der Waals surface area contributed by atoms with Gasteiger partial charge in [0.15, 0.2) is 0 Å². The van der Waals surface area contributed by atoms with E-state index in [1.165, 1.54) is 31.2 Å². The van der Waals surface area contributed by atoms with Crippen molar-refractivity contribution in [1.29, 1.82) is 0 Å². The fourth-order valence-electron chi connectivity index (χ4n) is 2.85. The van der Waals surface area contributed by atoms with Gasteiger partial charge in [0.25, 0.3) is 0 Å². The van der Waals surface area contributed by atoms with E-state index in [1.807, 2.05) is 0 Å². The highest BCUT2D eigenvalue weighted by atomic mass is 79.9. The van der Waals surface area contributed by atoms with Gasteiger partial charge in [0.2, 0.25) is 0 Å². The third kappa shape index (κ3) is 5.55. The monoisotopic (exact) mass is 339 g/mol. The van der Waals surface area contributed by atoms with Crippen LogP contribution >= 0.6 is 15.9 Å². The van der Waals surface area contributed by atoms with Crippen LogP contribution in [0.4, 0.5) is 0 Å². The lowest BCUT2D eigenvalue weighted by atomic mass is 9.97. The Labute approximate surface area is 131 Å². The summed E-state index contributed by atoms with van der Waals surface area (Å²) in [5.74, 6) is 0. The molecule has 2 unspecified atom stereocenters. The molecule has 0 amide bonds. The quantitative estimate of drug-likeness (QED) is 0.798. The summed E-state index contributed by atoms with van der Waals surface area (Å²) in [5.41, 5.74) is 1.39. The number of hydrogen-bond donors (Lipinski definition) is 1. The first-order valence-electron chi connectivity index (χ1n) is 7.87. The van der Waals surface area contributed by atoms with Crippen LogP contribution in [-0.4, -0.2) is 25.3 Å². The highest BCUT2D eigenvalue weighted by Crippen LogP contribution is 2.20. The molecule has 0 bridgehead atoms. The second-order valence-corrected chi connectivity index (χ2v) is 6.63. The van der Waals surface area contributed by atoms with E-state index in [4.69, 9.17) is 4.74 Å². The predicted octanol–water partition coefficient (Wildman–Crippen LogP) is 4.32. The number of ether oxygens (including phenoxy) is 1. The third-order valence-electron chi connectivity index (χ3n) is 3.88. The molecule has 1 aromatic carbocycles. The van der Waals surface area contributed by atoms with Crippen molar-refractivity contribution < 1.29 is 4.74 Å². The fraction of sp³-hybridized carbons (Fsp3) is 0.647. The molecule has 0 aliphatic carbocycles. The number of benzene rings is 1. The number of hydrogen-bond acceptors (Lipinski definition) is 2. The van der Waals surface area contributed by atoms with Gasteiger partial charge in [-0.2, -0.15) is 0 Å². The average molecular weight is 340 g/mol. The van der Waals surface area contributed by atoms with Crippen LogP contribution in [0, 0.1) is 0 Å². The molecule has 1 aliphatic heterocycles. The molecule has 0 spiro atoms. The van der Waals surface area contributed by atoms with Gasteiger partial charge >= 0.3 is 0 Å². The summed E-state index contributed by atoms with van der Waals surface area (Å²) in [6.45, 7) is 4.26. The van der Waals surface area contributed by atoms with Gasteiger partial charge in [-0.1, -0.05) is 35.0 Å². The molecule has 1 heterocycles. The van der Waals surface area contributed by atoms with Crippen LogP contribution in [0.1, 0.15) is 44.6 Å². The molecule has 20 heavy (non-hydrogen) atoms. The Balaban J connectivity index is 1.91. The zero-order chi connectivity index (χ0) is 14.2. The third-order valence-corrected chi connectivity index (χ3v) is 4.37. The van der Waals surface area contributed by atoms with Gasteiger partial charge < -0.3 is 10.1 Å². The zero-order valence-electron chi connectivity index (χ0n) is 12.4. The minimum atomic E-state index is 0.449. The summed E-state index contributed by atoms with van der Waals surface area (Å²) in [7, 11) is 0. The van der Waals surface area contributed by atoms with E-state index in [1.54, 1.807) is 0 Å². The van der Waals surface area contributed by atoms with Gasteiger partial charge in [-0.25, -0.2) is 0 Å². The molecule has 1 saturated heterocycles. The maximum atomic E-state index is 5.90. The molecule has 0 aromatic heterocycles. The Morgan fingerprint density at radius 2 is 2.30 bits per heavy atom. The fourth-order valence-corrected chi connectivity index (χ4v) is 3.29. The predicted molar refractivity (Wildman–Crippen MR) is 88.1 cm³/mol. The Hall–Kier alpha value is -0.380. The largest absolute Gasteiger partial charge is 0.378 e. The summed E-state index contributed by atoms with van der Waals surface area (Å²) in [6, 6.07) is 9.16. The van der Waals surface area contributed by atoms with E-state index in [-0.39, 0.29) is 0 Å². The SMILES string of the molecule is CCCNC(Cc1cccc(Br)c1)CC1CCCCO1. The van der Waals surface area contributed by atoms with E-state index in [2.05, 4.69) is 52.4 Å². The molecule has 1 aliphatic rings. The molecule has 3 heteroatoms. The van der Waals surface area contributed by atoms with Gasteiger partial charge in [-0.3, -0.25) is 0 Å². The summed E-state index contributed by atoms with van der Waals surface area (Å²) in [4.78, 5) is 0. The Kier molecular flexibility index (Phi) is 7.05. The first-order chi connectivity index (χ1) is 9.78. The smallest absolute Gasteiger partial charge is 0.0590 e. The molecule has 112 valence electrons. The minimum Gasteiger partial charge on any atom is -0.378 e. The molecule has 0 saturated carbocycles. The molecular formula is C17H26BrNO. The molecule has 1 fully saturated rings. The first kappa shape index (κ1) is 16.0. The van der Waals surface area contributed by atoms with Crippen molar-refractivity contribution in [2.75, 3.05) is 13.2 Å². The Bertz CT molecular complexity index is 390. The maximum Gasteiger partial charge on any atom is 0.0590 e. The van der Waals surface area contributed by atoms with Gasteiger partial charge in [0.1, 0.15) is 0 Å². The van der Waals surface area contributed by atoms with Crippen molar-refractivity contribution in [3.8, 4) is 0 Å². The van der Waals surface area contributed by atoms with Crippen molar-refractivity contribution in [2.24, 2.45) is 0 Å². The van der Waals surface area contributed by atoms with Crippen LogP contribution in [-0.2, 0) is 11.2 Å². The lowest BCUT2D eigenvalue weighted by Gasteiger charge is -2.28. The molecule has 1 aromatic rings. The van der Waals surface area contributed by atoms with E-state index in [0.717, 1.165) is 30.5 Å². The molecule has 1 N–H and O–H groups in total. The van der Waals surface area contributed by atoms with Gasteiger partial charge in [0, 0.05) is 17.1 Å². The topological polar surface area (TPSA) is 21.3 Å². The molecule has 0 radical (unpaired) electrons. The summed E-state index contributed by atoms with van der Waals surface area (Å²) >= 11 is 3.56. The van der Waals surface area contributed by atoms with Gasteiger partial charge in [0.05, 0.1) is 6.10 Å². The van der Waals surface area contributed by atoms with E-state index >= 15 is 0 Å². The van der Waals surface area contributed by atoms with Crippen molar-refractivity contribution in [3.05, 3.63) is 34.3 Å². The summed E-state index contributed by atoms with van der Waals surface area (Å²) in [6.07, 6.45) is 7.62. The standard InChI is InChI=1S/C17H26BrNO/c1-2-9-19-16(13-17-8-3-4-10-20-17)12-14-6-5-7-15(18)11-14/h5-7,11,16-17,19H,2-4,8-10,12-13H2,1H3. The number of halogens is 1. The van der Waals surface area contributed by atoms with Crippen LogP contribution in [0.3, 0.4) is 0 Å². The zero-order valence-corrected chi connectivity index (χ0v) is 14.0. The maximum absolute atomic E-state index is 5.90. The van der Waals surface area contributed by atoms with Crippen molar-refractivity contribution >= 4 is 15.9 Å². The van der Waals surface area contributed by atoms with Crippen LogP contribution in [0.15, 0.2) is 28.7 Å². The first-order valence-corrected chi connectivity index (χ1v) is 8.66. The normalized spacial score (nSPS) is 20.8. The second kappa shape index (κ2) is 8.81. The Morgan fingerprint density at radius 1 is 1.40 bits per heavy atom. The van der Waals surface area contributed by atoms with E-state index in [9.17, 15) is 0 Å². The summed E-state index contributed by atoms with van der Waals surface area (Å²) < 4.78 is 7.07. The highest BCUT2D eigenvalue weighted by Gasteiger charge is 2.19. The molecule has 2 atom stereocenters. The minimum absolute atomic E-state index is 0.449. The van der Waals surface area contributed by atoms with Crippen LogP contribution < -0.4 is 5.32 Å². The molecular weight excluding hydrogens is 314 g/mol. The van der Waals surface area contributed by atoms with Gasteiger partial charge in [-0.05, 0) is 62.8 Å². The highest BCUT2D eigenvalue weighted by molar-refractivity contribution is 9.10. The number of rotatable bonds is 7. The van der Waals surface area contributed by atoms with Crippen LogP contribution in [0.5, 0.6) is 0 Å². The van der Waals surface area contributed by atoms with E-state index in [0.29, 0.717) is 12.1 Å². The lowest BCUT2D eigenvalue weighted by Crippen LogP contribution is -2.36. The van der Waals surface area contributed by atoms with Gasteiger partial charge in [-0.15, -0.1) is 0 Å². The van der Waals surface area contributed by atoms with Crippen LogP contribution in [0.2, 0.25) is 0 Å². The molecule has 2 rings (SSSR count). The van der Waals surface area contributed by atoms with Crippen molar-refractivity contribution in [2.45, 2.75) is 57.6 Å². The molecule has 2 nitrogen and oxygen atoms in total. The van der Waals surface area contributed by atoms with Crippen molar-refractivity contribution in [1.82, 2.24) is 5.32 Å². The van der Waals surface area contributed by atoms with Crippen molar-refractivity contribution in [3.63, 3.8) is 0 Å². The van der Waals surface area contributed by atoms with Crippen LogP contribution in [0.25, 0.3) is 0 Å². The summed E-state index contributed by atoms with van der Waals surface area (Å²) in [5, 5.41) is 3.69. The Morgan fingerprint density at radius 3 is 3.00 bits per heavy atom. The van der Waals surface area contributed by atoms with E-state index < -0.39 is 0 Å². The lowest BCUT2D eigenvalue weighted by molar-refractivity contribution is 0.00526.